The number of para-hydroxylation sites is 1. The van der Waals surface area contributed by atoms with Crippen molar-refractivity contribution in [3.63, 3.8) is 0 Å². The number of benzene rings is 1. The van der Waals surface area contributed by atoms with Gasteiger partial charge >= 0.3 is 0 Å². The van der Waals surface area contributed by atoms with Crippen LogP contribution in [-0.2, 0) is 11.3 Å². The van der Waals surface area contributed by atoms with Gasteiger partial charge in [0.2, 0.25) is 17.2 Å². The van der Waals surface area contributed by atoms with E-state index in [0.717, 1.165) is 11.3 Å². The third-order valence-corrected chi connectivity index (χ3v) is 2.36. The van der Waals surface area contributed by atoms with Crippen LogP contribution in [0.4, 0.5) is 17.6 Å². The van der Waals surface area contributed by atoms with E-state index in [1.54, 1.807) is 7.11 Å². The summed E-state index contributed by atoms with van der Waals surface area (Å²) in [6.45, 7) is 0.484. The van der Waals surface area contributed by atoms with E-state index < -0.39 is 0 Å². The molecule has 0 aliphatic rings. The van der Waals surface area contributed by atoms with Gasteiger partial charge in [-0.3, -0.25) is 0 Å². The first-order chi connectivity index (χ1) is 8.69. The molecule has 7 heteroatoms. The molecular weight excluding hydrogens is 254 g/mol. The zero-order valence-electron chi connectivity index (χ0n) is 9.72. The van der Waals surface area contributed by atoms with Crippen molar-refractivity contribution in [3.8, 4) is 0 Å². The Balaban J connectivity index is 2.27. The molecule has 1 aromatic carbocycles. The van der Waals surface area contributed by atoms with E-state index in [9.17, 15) is 0 Å². The van der Waals surface area contributed by atoms with E-state index in [1.807, 2.05) is 24.3 Å². The fourth-order valence-corrected chi connectivity index (χ4v) is 1.63. The zero-order chi connectivity index (χ0) is 13.0. The first-order valence-corrected chi connectivity index (χ1v) is 5.58. The second-order valence-electron chi connectivity index (χ2n) is 3.50. The Kier molecular flexibility index (Phi) is 3.91. The van der Waals surface area contributed by atoms with Crippen LogP contribution in [0.25, 0.3) is 0 Å². The summed E-state index contributed by atoms with van der Waals surface area (Å²) >= 11 is 5.71. The first kappa shape index (κ1) is 12.5. The second-order valence-corrected chi connectivity index (χ2v) is 3.84. The second kappa shape index (κ2) is 5.61. The fraction of sp³-hybridized carbons (Fsp3) is 0.182. The van der Waals surface area contributed by atoms with Crippen molar-refractivity contribution in [1.29, 1.82) is 0 Å². The molecule has 0 aliphatic carbocycles. The molecule has 0 radical (unpaired) electrons. The van der Waals surface area contributed by atoms with Gasteiger partial charge in [-0.25, -0.2) is 0 Å². The van der Waals surface area contributed by atoms with Crippen molar-refractivity contribution in [3.05, 3.63) is 35.1 Å². The largest absolute Gasteiger partial charge is 0.380 e. The van der Waals surface area contributed by atoms with Gasteiger partial charge in [-0.2, -0.15) is 15.0 Å². The summed E-state index contributed by atoms with van der Waals surface area (Å²) < 4.78 is 5.11. The van der Waals surface area contributed by atoms with Gasteiger partial charge in [0.15, 0.2) is 0 Å². The van der Waals surface area contributed by atoms with Crippen LogP contribution < -0.4 is 11.1 Å². The molecule has 94 valence electrons. The van der Waals surface area contributed by atoms with Crippen LogP contribution >= 0.6 is 11.6 Å². The molecule has 0 fully saturated rings. The summed E-state index contributed by atoms with van der Waals surface area (Å²) in [7, 11) is 1.63. The van der Waals surface area contributed by atoms with Crippen LogP contribution in [0.3, 0.4) is 0 Å². The minimum absolute atomic E-state index is 0.0502. The highest BCUT2D eigenvalue weighted by Gasteiger charge is 2.06. The molecule has 0 atom stereocenters. The minimum Gasteiger partial charge on any atom is -0.380 e. The Morgan fingerprint density at radius 3 is 2.78 bits per heavy atom. The molecule has 1 aromatic heterocycles. The SMILES string of the molecule is COCc1ccccc1Nc1nc(N)nc(Cl)n1. The fourth-order valence-electron chi connectivity index (χ4n) is 1.47. The normalized spacial score (nSPS) is 10.3. The molecule has 18 heavy (non-hydrogen) atoms. The number of nitrogen functional groups attached to an aromatic ring is 1. The lowest BCUT2D eigenvalue weighted by Crippen LogP contribution is -2.05. The lowest BCUT2D eigenvalue weighted by Gasteiger charge is -2.10. The summed E-state index contributed by atoms with van der Waals surface area (Å²) in [5.74, 6) is 0.373. The van der Waals surface area contributed by atoms with E-state index in [0.29, 0.717) is 12.6 Å². The van der Waals surface area contributed by atoms with Crippen LogP contribution in [-0.4, -0.2) is 22.1 Å². The topological polar surface area (TPSA) is 86.0 Å². The minimum atomic E-state index is 0.0502. The zero-order valence-corrected chi connectivity index (χ0v) is 10.5. The molecular formula is C11H12ClN5O. The average molecular weight is 266 g/mol. The van der Waals surface area contributed by atoms with E-state index in [2.05, 4.69) is 20.3 Å². The first-order valence-electron chi connectivity index (χ1n) is 5.20. The van der Waals surface area contributed by atoms with Gasteiger partial charge in [-0.1, -0.05) is 18.2 Å². The van der Waals surface area contributed by atoms with Gasteiger partial charge in [0.05, 0.1) is 6.61 Å². The monoisotopic (exact) mass is 265 g/mol. The maximum Gasteiger partial charge on any atom is 0.233 e. The number of halogens is 1. The quantitative estimate of drug-likeness (QED) is 0.879. The highest BCUT2D eigenvalue weighted by Crippen LogP contribution is 2.20. The predicted molar refractivity (Wildman–Crippen MR) is 69.7 cm³/mol. The summed E-state index contributed by atoms with van der Waals surface area (Å²) in [5.41, 5.74) is 7.31. The maximum absolute atomic E-state index is 5.71. The average Bonchev–Trinajstić information content (AvgIpc) is 2.30. The summed E-state index contributed by atoms with van der Waals surface area (Å²) in [4.78, 5) is 11.6. The van der Waals surface area contributed by atoms with Crippen LogP contribution in [0, 0.1) is 0 Å². The van der Waals surface area contributed by atoms with E-state index in [4.69, 9.17) is 22.1 Å². The number of nitrogens with two attached hydrogens (primary N) is 1. The summed E-state index contributed by atoms with van der Waals surface area (Å²) in [6.07, 6.45) is 0. The van der Waals surface area contributed by atoms with Gasteiger partial charge in [0.25, 0.3) is 0 Å². The predicted octanol–water partition coefficient (Wildman–Crippen LogP) is 2.00. The Bertz CT molecular complexity index is 528. The van der Waals surface area contributed by atoms with Crippen molar-refractivity contribution in [2.24, 2.45) is 0 Å². The van der Waals surface area contributed by atoms with E-state index >= 15 is 0 Å². The van der Waals surface area contributed by atoms with Crippen molar-refractivity contribution in [2.75, 3.05) is 18.2 Å². The Hall–Kier alpha value is -1.92. The molecule has 6 nitrogen and oxygen atoms in total. The summed E-state index contributed by atoms with van der Waals surface area (Å²) in [5, 5.41) is 3.08. The molecule has 0 aliphatic heterocycles. The number of rotatable bonds is 4. The van der Waals surface area contributed by atoms with Crippen molar-refractivity contribution in [1.82, 2.24) is 15.0 Å². The third-order valence-electron chi connectivity index (χ3n) is 2.19. The van der Waals surface area contributed by atoms with Crippen molar-refractivity contribution >= 4 is 29.2 Å². The Morgan fingerprint density at radius 1 is 1.28 bits per heavy atom. The molecule has 0 unspecified atom stereocenters. The lowest BCUT2D eigenvalue weighted by molar-refractivity contribution is 0.185. The highest BCUT2D eigenvalue weighted by molar-refractivity contribution is 6.28. The number of aromatic nitrogens is 3. The van der Waals surface area contributed by atoms with Gasteiger partial charge < -0.3 is 15.8 Å². The van der Waals surface area contributed by atoms with Gasteiger partial charge in [0, 0.05) is 18.4 Å². The molecule has 1 heterocycles. The van der Waals surface area contributed by atoms with Crippen LogP contribution in [0.15, 0.2) is 24.3 Å². The van der Waals surface area contributed by atoms with E-state index in [-0.39, 0.29) is 11.2 Å². The number of anilines is 3. The molecule has 3 N–H and O–H groups in total. The van der Waals surface area contributed by atoms with Crippen molar-refractivity contribution < 1.29 is 4.74 Å². The standard InChI is InChI=1S/C11H12ClN5O/c1-18-6-7-4-2-3-5-8(7)14-11-16-9(12)15-10(13)17-11/h2-5H,6H2,1H3,(H3,13,14,15,16,17). The van der Waals surface area contributed by atoms with E-state index in [1.165, 1.54) is 0 Å². The van der Waals surface area contributed by atoms with Crippen LogP contribution in [0.1, 0.15) is 5.56 Å². The molecule has 0 amide bonds. The molecule has 0 spiro atoms. The van der Waals surface area contributed by atoms with Crippen LogP contribution in [0.5, 0.6) is 0 Å². The maximum atomic E-state index is 5.71. The number of methoxy groups -OCH3 is 1. The van der Waals surface area contributed by atoms with Crippen LogP contribution in [0.2, 0.25) is 5.28 Å². The number of nitrogens with zero attached hydrogens (tertiary/aromatic N) is 3. The smallest absolute Gasteiger partial charge is 0.233 e. The molecule has 0 bridgehead atoms. The molecule has 2 aromatic rings. The molecule has 0 saturated heterocycles. The number of hydrogen-bond donors (Lipinski definition) is 2. The van der Waals surface area contributed by atoms with Gasteiger partial charge in [-0.15, -0.1) is 0 Å². The number of nitrogens with one attached hydrogen (secondary N) is 1. The molecule has 0 saturated carbocycles. The number of ether oxygens (including phenoxy) is 1. The van der Waals surface area contributed by atoms with Crippen molar-refractivity contribution in [2.45, 2.75) is 6.61 Å². The summed E-state index contributed by atoms with van der Waals surface area (Å²) in [6, 6.07) is 7.65. The van der Waals surface area contributed by atoms with Gasteiger partial charge in [-0.05, 0) is 17.7 Å². The molecule has 2 rings (SSSR count). The van der Waals surface area contributed by atoms with Gasteiger partial charge in [0.1, 0.15) is 0 Å². The Labute approximate surface area is 109 Å². The Morgan fingerprint density at radius 2 is 2.06 bits per heavy atom. The lowest BCUT2D eigenvalue weighted by atomic mass is 10.2. The third kappa shape index (κ3) is 3.06. The number of hydrogen-bond acceptors (Lipinski definition) is 6. The highest BCUT2D eigenvalue weighted by atomic mass is 35.5.